The molecule has 0 unspecified atom stereocenters. The van der Waals surface area contributed by atoms with Gasteiger partial charge in [-0.15, -0.1) is 11.8 Å². The molecule has 7 heteroatoms. The fourth-order valence-electron chi connectivity index (χ4n) is 2.70. The van der Waals surface area contributed by atoms with Gasteiger partial charge in [-0.25, -0.2) is 9.37 Å². The second-order valence-corrected chi connectivity index (χ2v) is 6.44. The van der Waals surface area contributed by atoms with Crippen molar-refractivity contribution in [3.63, 3.8) is 0 Å². The van der Waals surface area contributed by atoms with E-state index in [2.05, 4.69) is 15.3 Å². The number of aromatic nitrogens is 3. The smallest absolute Gasteiger partial charge is 0.235 e. The third-order valence-corrected chi connectivity index (χ3v) is 5.04. The fourth-order valence-corrected chi connectivity index (χ4v) is 3.81. The lowest BCUT2D eigenvalue weighted by Crippen LogP contribution is -2.12. The van der Waals surface area contributed by atoms with E-state index >= 15 is 0 Å². The first kappa shape index (κ1) is 14.9. The molecule has 3 aromatic rings. The lowest BCUT2D eigenvalue weighted by Gasteiger charge is -2.17. The second kappa shape index (κ2) is 6.09. The number of imidazole rings is 1. The van der Waals surface area contributed by atoms with Crippen molar-refractivity contribution in [2.75, 3.05) is 11.1 Å². The molecule has 0 aliphatic carbocycles. The summed E-state index contributed by atoms with van der Waals surface area (Å²) in [6, 6.07) is 10.0. The van der Waals surface area contributed by atoms with E-state index in [0.29, 0.717) is 11.6 Å². The Balaban J connectivity index is 1.87. The van der Waals surface area contributed by atoms with Crippen molar-refractivity contribution >= 4 is 23.5 Å². The van der Waals surface area contributed by atoms with Crippen LogP contribution in [0.25, 0.3) is 5.69 Å². The zero-order valence-electron chi connectivity index (χ0n) is 12.5. The van der Waals surface area contributed by atoms with Crippen LogP contribution >= 0.6 is 11.8 Å². The molecule has 1 aliphatic rings. The van der Waals surface area contributed by atoms with E-state index in [4.69, 9.17) is 0 Å². The third-order valence-electron chi connectivity index (χ3n) is 3.78. The number of thioether (sulfide) groups is 1. The zero-order valence-corrected chi connectivity index (χ0v) is 13.3. The Morgan fingerprint density at radius 1 is 1.25 bits per heavy atom. The van der Waals surface area contributed by atoms with E-state index in [1.165, 1.54) is 23.9 Å². The molecule has 120 valence electrons. The maximum absolute atomic E-state index is 13.2. The molecule has 2 aromatic heterocycles. The molecule has 1 aliphatic heterocycles. The summed E-state index contributed by atoms with van der Waals surface area (Å²) in [4.78, 5) is 20.5. The number of anilines is 1. The SMILES string of the molecule is O=C1CS[C@H](c2cccnc2)c2c(ncn2-c2ccc(F)cc2)N1. The van der Waals surface area contributed by atoms with Gasteiger partial charge in [-0.2, -0.15) is 0 Å². The molecule has 4 rings (SSSR count). The van der Waals surface area contributed by atoms with Crippen LogP contribution in [0.4, 0.5) is 10.2 Å². The largest absolute Gasteiger partial charge is 0.308 e. The number of hydrogen-bond acceptors (Lipinski definition) is 4. The van der Waals surface area contributed by atoms with Gasteiger partial charge in [0.05, 0.1) is 16.7 Å². The first-order valence-corrected chi connectivity index (χ1v) is 8.42. The first-order chi connectivity index (χ1) is 11.7. The van der Waals surface area contributed by atoms with Gasteiger partial charge in [0.15, 0.2) is 5.82 Å². The van der Waals surface area contributed by atoms with Gasteiger partial charge in [0.1, 0.15) is 12.1 Å². The van der Waals surface area contributed by atoms with Crippen molar-refractivity contribution in [2.24, 2.45) is 0 Å². The van der Waals surface area contributed by atoms with Gasteiger partial charge in [-0.05, 0) is 35.9 Å². The third kappa shape index (κ3) is 2.67. The Morgan fingerprint density at radius 3 is 2.83 bits per heavy atom. The van der Waals surface area contributed by atoms with E-state index in [-0.39, 0.29) is 17.0 Å². The second-order valence-electron chi connectivity index (χ2n) is 5.35. The highest BCUT2D eigenvalue weighted by atomic mass is 32.2. The van der Waals surface area contributed by atoms with Crippen LogP contribution in [0.2, 0.25) is 0 Å². The Kier molecular flexibility index (Phi) is 3.78. The van der Waals surface area contributed by atoms with Gasteiger partial charge < -0.3 is 5.32 Å². The van der Waals surface area contributed by atoms with Crippen molar-refractivity contribution in [3.05, 3.63) is 72.2 Å². The Bertz CT molecular complexity index is 879. The minimum atomic E-state index is -0.295. The molecule has 0 saturated carbocycles. The molecule has 1 N–H and O–H groups in total. The summed E-state index contributed by atoms with van der Waals surface area (Å²) in [5.41, 5.74) is 2.63. The number of benzene rings is 1. The molecular formula is C17H13FN4OS. The van der Waals surface area contributed by atoms with Crippen LogP contribution < -0.4 is 5.32 Å². The molecule has 5 nitrogen and oxygen atoms in total. The molecule has 0 fully saturated rings. The monoisotopic (exact) mass is 340 g/mol. The van der Waals surface area contributed by atoms with Gasteiger partial charge in [0.25, 0.3) is 0 Å². The average Bonchev–Trinajstić information content (AvgIpc) is 2.92. The lowest BCUT2D eigenvalue weighted by atomic mass is 10.1. The molecule has 1 amide bonds. The van der Waals surface area contributed by atoms with Crippen molar-refractivity contribution in [2.45, 2.75) is 5.25 Å². The molecule has 1 atom stereocenters. The topological polar surface area (TPSA) is 59.8 Å². The normalized spacial score (nSPS) is 17.0. The quantitative estimate of drug-likeness (QED) is 0.778. The van der Waals surface area contributed by atoms with E-state index in [9.17, 15) is 9.18 Å². The maximum Gasteiger partial charge on any atom is 0.235 e. The number of pyridine rings is 1. The zero-order chi connectivity index (χ0) is 16.5. The molecule has 1 aromatic carbocycles. The summed E-state index contributed by atoms with van der Waals surface area (Å²) in [5.74, 6) is 0.482. The number of nitrogens with one attached hydrogen (secondary N) is 1. The summed E-state index contributed by atoms with van der Waals surface area (Å²) in [7, 11) is 0. The van der Waals surface area contributed by atoms with Gasteiger partial charge >= 0.3 is 0 Å². The van der Waals surface area contributed by atoms with E-state index in [1.807, 2.05) is 16.7 Å². The summed E-state index contributed by atoms with van der Waals surface area (Å²) in [5, 5.41) is 2.74. The summed E-state index contributed by atoms with van der Waals surface area (Å²) >= 11 is 1.52. The Morgan fingerprint density at radius 2 is 2.08 bits per heavy atom. The average molecular weight is 340 g/mol. The van der Waals surface area contributed by atoms with Crippen LogP contribution in [0.1, 0.15) is 16.5 Å². The number of amides is 1. The van der Waals surface area contributed by atoms with Crippen LogP contribution in [-0.2, 0) is 4.79 Å². The number of rotatable bonds is 2. The van der Waals surface area contributed by atoms with Crippen LogP contribution in [-0.4, -0.2) is 26.2 Å². The van der Waals surface area contributed by atoms with Crippen LogP contribution in [0.3, 0.4) is 0 Å². The summed E-state index contributed by atoms with van der Waals surface area (Å²) in [6.45, 7) is 0. The lowest BCUT2D eigenvalue weighted by molar-refractivity contribution is -0.113. The molecular weight excluding hydrogens is 327 g/mol. The minimum Gasteiger partial charge on any atom is -0.308 e. The number of carbonyl (C=O) groups is 1. The predicted octanol–water partition coefficient (Wildman–Crippen LogP) is 3.18. The first-order valence-electron chi connectivity index (χ1n) is 7.37. The summed E-state index contributed by atoms with van der Waals surface area (Å²) < 4.78 is 15.1. The van der Waals surface area contributed by atoms with E-state index in [0.717, 1.165) is 16.9 Å². The van der Waals surface area contributed by atoms with E-state index in [1.54, 1.807) is 30.9 Å². The van der Waals surface area contributed by atoms with Crippen LogP contribution in [0, 0.1) is 5.82 Å². The maximum atomic E-state index is 13.2. The van der Waals surface area contributed by atoms with Gasteiger partial charge in [0.2, 0.25) is 5.91 Å². The van der Waals surface area contributed by atoms with Crippen molar-refractivity contribution in [1.29, 1.82) is 0 Å². The molecule has 0 saturated heterocycles. The van der Waals surface area contributed by atoms with Gasteiger partial charge in [0, 0.05) is 18.1 Å². The van der Waals surface area contributed by atoms with Crippen molar-refractivity contribution < 1.29 is 9.18 Å². The molecule has 24 heavy (non-hydrogen) atoms. The highest BCUT2D eigenvalue weighted by Crippen LogP contribution is 2.41. The predicted molar refractivity (Wildman–Crippen MR) is 90.7 cm³/mol. The Labute approximate surface area is 141 Å². The molecule has 0 spiro atoms. The van der Waals surface area contributed by atoms with Crippen LogP contribution in [0.15, 0.2) is 55.1 Å². The number of hydrogen-bond donors (Lipinski definition) is 1. The molecule has 0 radical (unpaired) electrons. The summed E-state index contributed by atoms with van der Waals surface area (Å²) in [6.07, 6.45) is 5.15. The highest BCUT2D eigenvalue weighted by Gasteiger charge is 2.29. The van der Waals surface area contributed by atoms with Crippen LogP contribution in [0.5, 0.6) is 0 Å². The Hall–Kier alpha value is -2.67. The minimum absolute atomic E-state index is 0.0861. The number of fused-ring (bicyclic) bond motifs is 1. The van der Waals surface area contributed by atoms with Gasteiger partial charge in [-0.3, -0.25) is 14.3 Å². The van der Waals surface area contributed by atoms with E-state index < -0.39 is 0 Å². The van der Waals surface area contributed by atoms with Crippen molar-refractivity contribution in [1.82, 2.24) is 14.5 Å². The highest BCUT2D eigenvalue weighted by molar-refractivity contribution is 8.00. The number of nitrogens with zero attached hydrogens (tertiary/aromatic N) is 3. The fraction of sp³-hybridized carbons (Fsp3) is 0.118. The number of carbonyl (C=O) groups excluding carboxylic acids is 1. The van der Waals surface area contributed by atoms with Gasteiger partial charge in [-0.1, -0.05) is 6.07 Å². The standard InChI is InChI=1S/C17H13FN4OS/c18-12-3-5-13(6-4-12)22-10-20-17-15(22)16(24-9-14(23)21-17)11-2-1-7-19-8-11/h1-8,10,16H,9H2,(H,21,23)/t16-/m1/s1. The van der Waals surface area contributed by atoms with Crippen molar-refractivity contribution in [3.8, 4) is 5.69 Å². The number of halogens is 1. The molecule has 3 heterocycles. The molecule has 0 bridgehead atoms.